The number of nitrogens with zero attached hydrogens (tertiary/aromatic N) is 1. The standard InChI is InChI=1S/C10H15NO/c1-8(10(2,3)12)9-6-4-5-7-11-9/h4-8,12H,1-3H3. The van der Waals surface area contributed by atoms with E-state index in [1.807, 2.05) is 25.1 Å². The summed E-state index contributed by atoms with van der Waals surface area (Å²) in [6.07, 6.45) is 1.75. The molecule has 1 rings (SSSR count). The monoisotopic (exact) mass is 165 g/mol. The number of pyridine rings is 1. The molecule has 1 N–H and O–H groups in total. The van der Waals surface area contributed by atoms with Crippen molar-refractivity contribution >= 4 is 0 Å². The third kappa shape index (κ3) is 2.05. The fourth-order valence-corrected chi connectivity index (χ4v) is 0.994. The molecule has 0 fully saturated rings. The van der Waals surface area contributed by atoms with Gasteiger partial charge < -0.3 is 5.11 Å². The maximum atomic E-state index is 9.70. The van der Waals surface area contributed by atoms with E-state index in [-0.39, 0.29) is 5.92 Å². The molecule has 1 unspecified atom stereocenters. The first-order valence-corrected chi connectivity index (χ1v) is 4.15. The molecule has 0 radical (unpaired) electrons. The zero-order chi connectivity index (χ0) is 9.19. The molecule has 1 heterocycles. The molecule has 0 saturated carbocycles. The topological polar surface area (TPSA) is 33.1 Å². The van der Waals surface area contributed by atoms with Crippen LogP contribution in [0.3, 0.4) is 0 Å². The van der Waals surface area contributed by atoms with E-state index in [1.54, 1.807) is 20.0 Å². The molecule has 0 aliphatic rings. The molecule has 12 heavy (non-hydrogen) atoms. The van der Waals surface area contributed by atoms with Crippen molar-refractivity contribution < 1.29 is 5.11 Å². The third-order valence-electron chi connectivity index (χ3n) is 2.19. The maximum Gasteiger partial charge on any atom is 0.0672 e. The lowest BCUT2D eigenvalue weighted by Crippen LogP contribution is -2.27. The quantitative estimate of drug-likeness (QED) is 0.726. The highest BCUT2D eigenvalue weighted by atomic mass is 16.3. The molecular formula is C10H15NO. The second-order valence-corrected chi connectivity index (χ2v) is 3.63. The van der Waals surface area contributed by atoms with E-state index < -0.39 is 5.60 Å². The fraction of sp³-hybridized carbons (Fsp3) is 0.500. The minimum absolute atomic E-state index is 0.0682. The van der Waals surface area contributed by atoms with Crippen molar-refractivity contribution in [2.75, 3.05) is 0 Å². The average Bonchev–Trinajstić information content (AvgIpc) is 2.03. The Morgan fingerprint density at radius 3 is 2.50 bits per heavy atom. The van der Waals surface area contributed by atoms with Gasteiger partial charge in [0, 0.05) is 17.8 Å². The predicted molar refractivity (Wildman–Crippen MR) is 48.9 cm³/mol. The van der Waals surface area contributed by atoms with Crippen molar-refractivity contribution in [3.63, 3.8) is 0 Å². The number of hydrogen-bond donors (Lipinski definition) is 1. The SMILES string of the molecule is CC(c1ccccn1)C(C)(C)O. The van der Waals surface area contributed by atoms with Crippen LogP contribution in [0.25, 0.3) is 0 Å². The van der Waals surface area contributed by atoms with Gasteiger partial charge in [-0.15, -0.1) is 0 Å². The van der Waals surface area contributed by atoms with Gasteiger partial charge in [-0.05, 0) is 26.0 Å². The van der Waals surface area contributed by atoms with Crippen LogP contribution in [0.15, 0.2) is 24.4 Å². The lowest BCUT2D eigenvalue weighted by Gasteiger charge is -2.24. The van der Waals surface area contributed by atoms with E-state index in [1.165, 1.54) is 0 Å². The Labute approximate surface area is 73.3 Å². The van der Waals surface area contributed by atoms with Gasteiger partial charge in [0.2, 0.25) is 0 Å². The smallest absolute Gasteiger partial charge is 0.0672 e. The summed E-state index contributed by atoms with van der Waals surface area (Å²) in [4.78, 5) is 4.19. The zero-order valence-corrected chi connectivity index (χ0v) is 7.78. The zero-order valence-electron chi connectivity index (χ0n) is 7.78. The molecule has 1 aromatic heterocycles. The van der Waals surface area contributed by atoms with Gasteiger partial charge in [-0.2, -0.15) is 0 Å². The molecule has 0 aliphatic carbocycles. The lowest BCUT2D eigenvalue weighted by molar-refractivity contribution is 0.0545. The molecule has 1 atom stereocenters. The van der Waals surface area contributed by atoms with Crippen LogP contribution in [-0.4, -0.2) is 15.7 Å². The van der Waals surface area contributed by atoms with Gasteiger partial charge in [0.05, 0.1) is 5.60 Å². The Hall–Kier alpha value is -0.890. The molecule has 0 saturated heterocycles. The van der Waals surface area contributed by atoms with E-state index in [2.05, 4.69) is 4.98 Å². The summed E-state index contributed by atoms with van der Waals surface area (Å²) >= 11 is 0. The minimum Gasteiger partial charge on any atom is -0.390 e. The molecule has 0 amide bonds. The Kier molecular flexibility index (Phi) is 2.48. The Balaban J connectivity index is 2.86. The predicted octanol–water partition coefficient (Wildman–Crippen LogP) is 1.96. The second kappa shape index (κ2) is 3.23. The van der Waals surface area contributed by atoms with Crippen molar-refractivity contribution in [3.8, 4) is 0 Å². The van der Waals surface area contributed by atoms with Crippen molar-refractivity contribution in [2.45, 2.75) is 32.3 Å². The molecule has 2 heteroatoms. The largest absolute Gasteiger partial charge is 0.390 e. The van der Waals surface area contributed by atoms with Gasteiger partial charge in [0.25, 0.3) is 0 Å². The third-order valence-corrected chi connectivity index (χ3v) is 2.19. The summed E-state index contributed by atoms with van der Waals surface area (Å²) in [5, 5.41) is 9.70. The molecule has 0 aliphatic heterocycles. The average molecular weight is 165 g/mol. The molecule has 2 nitrogen and oxygen atoms in total. The van der Waals surface area contributed by atoms with Crippen LogP contribution in [0.2, 0.25) is 0 Å². The fourth-order valence-electron chi connectivity index (χ4n) is 0.994. The second-order valence-electron chi connectivity index (χ2n) is 3.63. The van der Waals surface area contributed by atoms with Crippen molar-refractivity contribution in [1.82, 2.24) is 4.98 Å². The van der Waals surface area contributed by atoms with E-state index in [0.29, 0.717) is 0 Å². The van der Waals surface area contributed by atoms with Crippen molar-refractivity contribution in [3.05, 3.63) is 30.1 Å². The molecular weight excluding hydrogens is 150 g/mol. The van der Waals surface area contributed by atoms with Crippen LogP contribution >= 0.6 is 0 Å². The normalized spacial score (nSPS) is 14.3. The number of aromatic nitrogens is 1. The molecule has 0 aromatic carbocycles. The van der Waals surface area contributed by atoms with Gasteiger partial charge in [-0.3, -0.25) is 4.98 Å². The Bertz CT molecular complexity index is 238. The summed E-state index contributed by atoms with van der Waals surface area (Å²) in [7, 11) is 0. The lowest BCUT2D eigenvalue weighted by atomic mass is 9.90. The van der Waals surface area contributed by atoms with Gasteiger partial charge in [0.15, 0.2) is 0 Å². The van der Waals surface area contributed by atoms with Gasteiger partial charge in [0.1, 0.15) is 0 Å². The highest BCUT2D eigenvalue weighted by molar-refractivity contribution is 5.11. The molecule has 1 aromatic rings. The highest BCUT2D eigenvalue weighted by Gasteiger charge is 2.24. The Morgan fingerprint density at radius 2 is 2.08 bits per heavy atom. The van der Waals surface area contributed by atoms with E-state index in [0.717, 1.165) is 5.69 Å². The first-order chi connectivity index (χ1) is 5.52. The molecule has 66 valence electrons. The van der Waals surface area contributed by atoms with Crippen molar-refractivity contribution in [2.24, 2.45) is 0 Å². The first-order valence-electron chi connectivity index (χ1n) is 4.15. The number of hydrogen-bond acceptors (Lipinski definition) is 2. The number of aliphatic hydroxyl groups is 1. The van der Waals surface area contributed by atoms with E-state index >= 15 is 0 Å². The van der Waals surface area contributed by atoms with Gasteiger partial charge in [-0.25, -0.2) is 0 Å². The van der Waals surface area contributed by atoms with E-state index in [4.69, 9.17) is 0 Å². The summed E-state index contributed by atoms with van der Waals surface area (Å²) in [6, 6.07) is 5.74. The van der Waals surface area contributed by atoms with Crippen LogP contribution < -0.4 is 0 Å². The number of rotatable bonds is 2. The summed E-state index contributed by atoms with van der Waals surface area (Å²) in [6.45, 7) is 5.57. The van der Waals surface area contributed by atoms with Crippen LogP contribution in [0.5, 0.6) is 0 Å². The van der Waals surface area contributed by atoms with Crippen LogP contribution in [0.1, 0.15) is 32.4 Å². The maximum absolute atomic E-state index is 9.70. The van der Waals surface area contributed by atoms with Gasteiger partial charge in [-0.1, -0.05) is 13.0 Å². The van der Waals surface area contributed by atoms with Crippen molar-refractivity contribution in [1.29, 1.82) is 0 Å². The Morgan fingerprint density at radius 1 is 1.42 bits per heavy atom. The van der Waals surface area contributed by atoms with Crippen LogP contribution in [-0.2, 0) is 0 Å². The summed E-state index contributed by atoms with van der Waals surface area (Å²) < 4.78 is 0. The molecule has 0 bridgehead atoms. The molecule has 0 spiro atoms. The highest BCUT2D eigenvalue weighted by Crippen LogP contribution is 2.24. The van der Waals surface area contributed by atoms with Gasteiger partial charge >= 0.3 is 0 Å². The summed E-state index contributed by atoms with van der Waals surface area (Å²) in [5.41, 5.74) is 0.235. The van der Waals surface area contributed by atoms with E-state index in [9.17, 15) is 5.11 Å². The minimum atomic E-state index is -0.700. The summed E-state index contributed by atoms with van der Waals surface area (Å²) in [5.74, 6) is 0.0682. The van der Waals surface area contributed by atoms with Crippen LogP contribution in [0, 0.1) is 0 Å². The van der Waals surface area contributed by atoms with Crippen LogP contribution in [0.4, 0.5) is 0 Å². The first kappa shape index (κ1) is 9.20.